The molecule has 3 N–H and O–H groups in total. The molecular formula is C21H22N2O4S. The molecule has 146 valence electrons. The quantitative estimate of drug-likeness (QED) is 0.316. The highest BCUT2D eigenvalue weighted by atomic mass is 32.1. The molecule has 2 aromatic carbocycles. The normalized spacial score (nSPS) is 12.0. The average Bonchev–Trinajstić information content (AvgIpc) is 3.12. The summed E-state index contributed by atoms with van der Waals surface area (Å²) in [4.78, 5) is 24.8. The van der Waals surface area contributed by atoms with Gasteiger partial charge in [-0.1, -0.05) is 32.0 Å². The smallest absolute Gasteiger partial charge is 0.274 e. The molecule has 0 radical (unpaired) electrons. The van der Waals surface area contributed by atoms with Crippen molar-refractivity contribution < 1.29 is 19.5 Å². The van der Waals surface area contributed by atoms with Crippen molar-refractivity contribution in [2.24, 2.45) is 5.92 Å². The lowest BCUT2D eigenvalue weighted by molar-refractivity contribution is 0.0706. The maximum atomic E-state index is 12.7. The van der Waals surface area contributed by atoms with Crippen LogP contribution in [0.4, 0.5) is 0 Å². The molecule has 0 bridgehead atoms. The van der Waals surface area contributed by atoms with Gasteiger partial charge in [-0.05, 0) is 47.7 Å². The van der Waals surface area contributed by atoms with Gasteiger partial charge in [0.25, 0.3) is 11.8 Å². The number of rotatable bonds is 7. The lowest BCUT2D eigenvalue weighted by atomic mass is 10.1. The van der Waals surface area contributed by atoms with E-state index in [1.165, 1.54) is 11.3 Å². The first-order valence-corrected chi connectivity index (χ1v) is 9.78. The van der Waals surface area contributed by atoms with Crippen LogP contribution in [0, 0.1) is 5.92 Å². The Morgan fingerprint density at radius 2 is 1.79 bits per heavy atom. The van der Waals surface area contributed by atoms with E-state index >= 15 is 0 Å². The van der Waals surface area contributed by atoms with E-state index in [0.717, 1.165) is 10.1 Å². The fourth-order valence-corrected chi connectivity index (χ4v) is 3.76. The minimum atomic E-state index is -0.594. The van der Waals surface area contributed by atoms with Crippen molar-refractivity contribution >= 4 is 33.2 Å². The summed E-state index contributed by atoms with van der Waals surface area (Å²) in [6.45, 7) is 4.10. The van der Waals surface area contributed by atoms with Crippen molar-refractivity contribution in [2.45, 2.75) is 26.5 Å². The number of hydroxylamine groups is 1. The summed E-state index contributed by atoms with van der Waals surface area (Å²) in [6, 6.07) is 16.1. The van der Waals surface area contributed by atoms with Crippen LogP contribution in [-0.2, 0) is 0 Å². The second-order valence-corrected chi connectivity index (χ2v) is 7.91. The van der Waals surface area contributed by atoms with E-state index in [0.29, 0.717) is 28.5 Å². The number of hydrogen-bond donors (Lipinski definition) is 3. The first kappa shape index (κ1) is 19.9. The molecule has 7 heteroatoms. The van der Waals surface area contributed by atoms with E-state index in [1.54, 1.807) is 29.7 Å². The van der Waals surface area contributed by atoms with E-state index < -0.39 is 12.1 Å². The predicted octanol–water partition coefficient (Wildman–Crippen LogP) is 4.20. The van der Waals surface area contributed by atoms with Gasteiger partial charge in [0.2, 0.25) is 0 Å². The molecule has 1 atom stereocenters. The van der Waals surface area contributed by atoms with E-state index in [9.17, 15) is 9.59 Å². The van der Waals surface area contributed by atoms with Gasteiger partial charge in [0.1, 0.15) is 5.75 Å². The highest BCUT2D eigenvalue weighted by molar-refractivity contribution is 7.20. The molecule has 1 aromatic heterocycles. The van der Waals surface area contributed by atoms with Gasteiger partial charge in [-0.2, -0.15) is 0 Å². The maximum Gasteiger partial charge on any atom is 0.274 e. The fraction of sp³-hybridized carbons (Fsp3) is 0.238. The molecule has 0 aliphatic rings. The summed E-state index contributed by atoms with van der Waals surface area (Å²) in [7, 11) is 0. The number of amides is 2. The maximum absolute atomic E-state index is 12.7. The van der Waals surface area contributed by atoms with Gasteiger partial charge >= 0.3 is 0 Å². The average molecular weight is 398 g/mol. The van der Waals surface area contributed by atoms with Crippen molar-refractivity contribution in [3.8, 4) is 5.75 Å². The molecule has 0 aliphatic carbocycles. The number of benzene rings is 2. The van der Waals surface area contributed by atoms with Crippen LogP contribution >= 0.6 is 11.3 Å². The molecule has 28 heavy (non-hydrogen) atoms. The van der Waals surface area contributed by atoms with Crippen LogP contribution in [0.5, 0.6) is 5.75 Å². The zero-order valence-corrected chi connectivity index (χ0v) is 16.5. The van der Waals surface area contributed by atoms with E-state index in [-0.39, 0.29) is 5.91 Å². The Kier molecular flexibility index (Phi) is 6.28. The number of nitrogens with one attached hydrogen (secondary N) is 2. The second kappa shape index (κ2) is 8.86. The van der Waals surface area contributed by atoms with Crippen molar-refractivity contribution in [1.29, 1.82) is 0 Å². The van der Waals surface area contributed by atoms with Crippen LogP contribution in [0.25, 0.3) is 10.1 Å². The molecule has 0 saturated heterocycles. The topological polar surface area (TPSA) is 87.7 Å². The number of carbonyl (C=O) groups is 2. The minimum Gasteiger partial charge on any atom is -0.471 e. The number of fused-ring (bicyclic) bond motifs is 1. The molecule has 2 amide bonds. The number of carbonyl (C=O) groups excluding carboxylic acids is 2. The molecule has 0 aliphatic heterocycles. The van der Waals surface area contributed by atoms with Crippen molar-refractivity contribution in [3.63, 3.8) is 0 Å². The molecule has 6 nitrogen and oxygen atoms in total. The summed E-state index contributed by atoms with van der Waals surface area (Å²) in [6.07, 6.45) is 0.130. The SMILES string of the molecule is CC(C)CC(NC(=O)c1cc2ccccc2s1)Oc1ccc(C(=O)NO)cc1. The van der Waals surface area contributed by atoms with Gasteiger partial charge in [0.05, 0.1) is 4.88 Å². The van der Waals surface area contributed by atoms with Crippen LogP contribution < -0.4 is 15.5 Å². The lowest BCUT2D eigenvalue weighted by Gasteiger charge is -2.22. The Morgan fingerprint density at radius 1 is 1.07 bits per heavy atom. The van der Waals surface area contributed by atoms with Crippen LogP contribution in [-0.4, -0.2) is 23.2 Å². The van der Waals surface area contributed by atoms with Crippen LogP contribution in [0.15, 0.2) is 54.6 Å². The minimum absolute atomic E-state index is 0.178. The highest BCUT2D eigenvalue weighted by Crippen LogP contribution is 2.25. The Hall–Kier alpha value is -2.90. The molecule has 1 unspecified atom stereocenters. The Balaban J connectivity index is 1.72. The summed E-state index contributed by atoms with van der Waals surface area (Å²) in [5, 5.41) is 12.7. The largest absolute Gasteiger partial charge is 0.471 e. The standard InChI is InChI=1S/C21H22N2O4S/c1-13(2)11-19(27-16-9-7-14(8-10-16)20(24)23-26)22-21(25)18-12-15-5-3-4-6-17(15)28-18/h3-10,12-13,19,26H,11H2,1-2H3,(H,22,25)(H,23,24). The Labute approximate surface area is 167 Å². The van der Waals surface area contributed by atoms with E-state index in [4.69, 9.17) is 9.94 Å². The lowest BCUT2D eigenvalue weighted by Crippen LogP contribution is -2.39. The molecule has 0 spiro atoms. The predicted molar refractivity (Wildman–Crippen MR) is 109 cm³/mol. The molecule has 0 fully saturated rings. The Bertz CT molecular complexity index is 933. The molecule has 3 rings (SSSR count). The van der Waals surface area contributed by atoms with Crippen LogP contribution in [0.3, 0.4) is 0 Å². The van der Waals surface area contributed by atoms with Gasteiger partial charge in [-0.3, -0.25) is 14.8 Å². The third kappa shape index (κ3) is 4.88. The molecule has 1 heterocycles. The first-order chi connectivity index (χ1) is 13.5. The first-order valence-electron chi connectivity index (χ1n) is 8.97. The van der Waals surface area contributed by atoms with Crippen molar-refractivity contribution in [2.75, 3.05) is 0 Å². The third-order valence-corrected chi connectivity index (χ3v) is 5.24. The third-order valence-electron chi connectivity index (χ3n) is 4.12. The zero-order valence-electron chi connectivity index (χ0n) is 15.6. The van der Waals surface area contributed by atoms with Crippen molar-refractivity contribution in [1.82, 2.24) is 10.8 Å². The summed E-state index contributed by atoms with van der Waals surface area (Å²) in [5.74, 6) is 0.0652. The van der Waals surface area contributed by atoms with Gasteiger partial charge < -0.3 is 10.1 Å². The van der Waals surface area contributed by atoms with Gasteiger partial charge in [0, 0.05) is 16.7 Å². The summed E-state index contributed by atoms with van der Waals surface area (Å²) >= 11 is 1.44. The van der Waals surface area contributed by atoms with Crippen LogP contribution in [0.1, 0.15) is 40.3 Å². The molecular weight excluding hydrogens is 376 g/mol. The van der Waals surface area contributed by atoms with Crippen molar-refractivity contribution in [3.05, 3.63) is 65.0 Å². The zero-order chi connectivity index (χ0) is 20.1. The van der Waals surface area contributed by atoms with Gasteiger partial charge in [-0.25, -0.2) is 5.48 Å². The van der Waals surface area contributed by atoms with Gasteiger partial charge in [-0.15, -0.1) is 11.3 Å². The van der Waals surface area contributed by atoms with E-state index in [2.05, 4.69) is 19.2 Å². The van der Waals surface area contributed by atoms with Crippen LogP contribution in [0.2, 0.25) is 0 Å². The fourth-order valence-electron chi connectivity index (χ4n) is 2.79. The molecule has 0 saturated carbocycles. The van der Waals surface area contributed by atoms with E-state index in [1.807, 2.05) is 30.3 Å². The number of hydrogen-bond acceptors (Lipinski definition) is 5. The summed E-state index contributed by atoms with van der Waals surface area (Å²) < 4.78 is 7.00. The number of thiophene rings is 1. The van der Waals surface area contributed by atoms with Gasteiger partial charge in [0.15, 0.2) is 6.23 Å². The second-order valence-electron chi connectivity index (χ2n) is 6.82. The summed E-state index contributed by atoms with van der Waals surface area (Å²) in [5.41, 5.74) is 1.90. The highest BCUT2D eigenvalue weighted by Gasteiger charge is 2.19. The Morgan fingerprint density at radius 3 is 2.43 bits per heavy atom. The monoisotopic (exact) mass is 398 g/mol. The molecule has 3 aromatic rings. The number of ether oxygens (including phenoxy) is 1.